The van der Waals surface area contributed by atoms with Crippen LogP contribution < -0.4 is 5.32 Å². The molecule has 1 amide bonds. The summed E-state index contributed by atoms with van der Waals surface area (Å²) in [5.74, 6) is 0.0242. The molecule has 1 aromatic rings. The summed E-state index contributed by atoms with van der Waals surface area (Å²) in [4.78, 5) is 12.1. The van der Waals surface area contributed by atoms with Gasteiger partial charge in [0.25, 0.3) is 0 Å². The van der Waals surface area contributed by atoms with Gasteiger partial charge in [-0.2, -0.15) is 0 Å². The first-order chi connectivity index (χ1) is 9.10. The van der Waals surface area contributed by atoms with E-state index in [0.29, 0.717) is 6.42 Å². The first-order valence-corrected chi connectivity index (χ1v) is 6.99. The van der Waals surface area contributed by atoms with Crippen LogP contribution in [0.3, 0.4) is 0 Å². The Hall–Kier alpha value is -1.35. The van der Waals surface area contributed by atoms with Crippen molar-refractivity contribution in [2.24, 2.45) is 0 Å². The van der Waals surface area contributed by atoms with Crippen molar-refractivity contribution in [3.63, 3.8) is 0 Å². The lowest BCUT2D eigenvalue weighted by atomic mass is 9.99. The fourth-order valence-corrected chi connectivity index (χ4v) is 2.47. The quantitative estimate of drug-likeness (QED) is 0.855. The van der Waals surface area contributed by atoms with Crippen LogP contribution in [0.1, 0.15) is 37.3 Å². The van der Waals surface area contributed by atoms with Gasteiger partial charge in [0.05, 0.1) is 0 Å². The Morgan fingerprint density at radius 3 is 2.63 bits per heavy atom. The number of methoxy groups -OCH3 is 1. The Morgan fingerprint density at radius 2 is 2.11 bits per heavy atom. The van der Waals surface area contributed by atoms with Crippen LogP contribution in [0.15, 0.2) is 24.3 Å². The maximum absolute atomic E-state index is 12.1. The van der Waals surface area contributed by atoms with E-state index in [1.807, 2.05) is 6.92 Å². The van der Waals surface area contributed by atoms with Crippen molar-refractivity contribution >= 4 is 5.91 Å². The van der Waals surface area contributed by atoms with Crippen molar-refractivity contribution in [1.29, 1.82) is 0 Å². The van der Waals surface area contributed by atoms with Gasteiger partial charge in [0.1, 0.15) is 6.10 Å². The lowest BCUT2D eigenvalue weighted by molar-refractivity contribution is -0.132. The summed E-state index contributed by atoms with van der Waals surface area (Å²) in [7, 11) is 1.59. The molecule has 1 N–H and O–H groups in total. The fraction of sp³-hybridized carbons (Fsp3) is 0.562. The highest BCUT2D eigenvalue weighted by Gasteiger charge is 2.44. The van der Waals surface area contributed by atoms with Crippen molar-refractivity contribution in [3.8, 4) is 0 Å². The van der Waals surface area contributed by atoms with Gasteiger partial charge in [0, 0.05) is 12.6 Å². The predicted molar refractivity (Wildman–Crippen MR) is 76.1 cm³/mol. The maximum atomic E-state index is 12.1. The number of ether oxygens (including phenoxy) is 1. The number of carbonyl (C=O) groups is 1. The van der Waals surface area contributed by atoms with Crippen LogP contribution in [0.5, 0.6) is 0 Å². The molecule has 0 aromatic heterocycles. The molecule has 1 saturated carbocycles. The number of hydrogen-bond acceptors (Lipinski definition) is 2. The fourth-order valence-electron chi connectivity index (χ4n) is 2.47. The molecule has 0 radical (unpaired) electrons. The van der Waals surface area contributed by atoms with Crippen molar-refractivity contribution in [2.75, 3.05) is 7.11 Å². The van der Waals surface area contributed by atoms with Crippen molar-refractivity contribution in [2.45, 2.75) is 51.2 Å². The minimum absolute atomic E-state index is 0.0242. The molecule has 3 heteroatoms. The summed E-state index contributed by atoms with van der Waals surface area (Å²) in [5.41, 5.74) is 2.59. The molecular weight excluding hydrogens is 238 g/mol. The molecular formula is C16H23NO2. The molecule has 2 rings (SSSR count). The maximum Gasteiger partial charge on any atom is 0.249 e. The van der Waals surface area contributed by atoms with Gasteiger partial charge in [-0.25, -0.2) is 0 Å². The van der Waals surface area contributed by atoms with Crippen LogP contribution in [-0.4, -0.2) is 24.7 Å². The number of carbonyl (C=O) groups excluding carboxylic acids is 1. The lowest BCUT2D eigenvalue weighted by Crippen LogP contribution is -2.44. The molecule has 1 aliphatic carbocycles. The van der Waals surface area contributed by atoms with Crippen molar-refractivity contribution in [3.05, 3.63) is 35.4 Å². The van der Waals surface area contributed by atoms with Crippen LogP contribution >= 0.6 is 0 Å². The van der Waals surface area contributed by atoms with Gasteiger partial charge in [-0.1, -0.05) is 31.2 Å². The number of benzene rings is 1. The molecule has 1 aliphatic rings. The second-order valence-corrected chi connectivity index (χ2v) is 5.51. The summed E-state index contributed by atoms with van der Waals surface area (Å²) in [6, 6.07) is 8.38. The van der Waals surface area contributed by atoms with E-state index in [1.165, 1.54) is 11.1 Å². The van der Waals surface area contributed by atoms with Gasteiger partial charge < -0.3 is 10.1 Å². The Morgan fingerprint density at radius 1 is 1.42 bits per heavy atom. The third-order valence-corrected chi connectivity index (χ3v) is 3.98. The molecule has 0 saturated heterocycles. The van der Waals surface area contributed by atoms with Crippen LogP contribution in [0.25, 0.3) is 0 Å². The summed E-state index contributed by atoms with van der Waals surface area (Å²) in [5, 5.41) is 3.18. The molecule has 0 aliphatic heterocycles. The SMILES string of the molecule is CCC(OC)C(=O)NC1(Cc2ccccc2C)CC1. The highest BCUT2D eigenvalue weighted by molar-refractivity contribution is 5.82. The second-order valence-electron chi connectivity index (χ2n) is 5.51. The standard InChI is InChI=1S/C16H23NO2/c1-4-14(19-3)15(18)17-16(9-10-16)11-13-8-6-5-7-12(13)2/h5-8,14H,4,9-11H2,1-3H3,(H,17,18). The second kappa shape index (κ2) is 5.74. The summed E-state index contributed by atoms with van der Waals surface area (Å²) in [6.45, 7) is 4.09. The molecule has 0 bridgehead atoms. The zero-order valence-electron chi connectivity index (χ0n) is 12.0. The third kappa shape index (κ3) is 3.35. The normalized spacial score (nSPS) is 17.8. The van der Waals surface area contributed by atoms with E-state index < -0.39 is 0 Å². The van der Waals surface area contributed by atoms with Gasteiger partial charge >= 0.3 is 0 Å². The summed E-state index contributed by atoms with van der Waals surface area (Å²) in [6.07, 6.45) is 3.43. The van der Waals surface area contributed by atoms with E-state index in [4.69, 9.17) is 4.74 Å². The topological polar surface area (TPSA) is 38.3 Å². The molecule has 1 aromatic carbocycles. The van der Waals surface area contributed by atoms with Gasteiger partial charge in [0.15, 0.2) is 0 Å². The zero-order valence-corrected chi connectivity index (χ0v) is 12.0. The average molecular weight is 261 g/mol. The van der Waals surface area contributed by atoms with Gasteiger partial charge in [-0.05, 0) is 43.7 Å². The molecule has 0 spiro atoms. The van der Waals surface area contributed by atoms with E-state index in [1.54, 1.807) is 7.11 Å². The van der Waals surface area contributed by atoms with Crippen LogP contribution in [0, 0.1) is 6.92 Å². The number of rotatable bonds is 6. The van der Waals surface area contributed by atoms with Crippen molar-refractivity contribution < 1.29 is 9.53 Å². The Balaban J connectivity index is 2.00. The summed E-state index contributed by atoms with van der Waals surface area (Å²) < 4.78 is 5.20. The zero-order chi connectivity index (χ0) is 13.9. The van der Waals surface area contributed by atoms with E-state index in [2.05, 4.69) is 36.5 Å². The monoisotopic (exact) mass is 261 g/mol. The highest BCUT2D eigenvalue weighted by atomic mass is 16.5. The number of hydrogen-bond donors (Lipinski definition) is 1. The first-order valence-electron chi connectivity index (χ1n) is 6.99. The van der Waals surface area contributed by atoms with E-state index in [0.717, 1.165) is 19.3 Å². The van der Waals surface area contributed by atoms with Gasteiger partial charge in [-0.15, -0.1) is 0 Å². The Labute approximate surface area is 115 Å². The molecule has 1 unspecified atom stereocenters. The van der Waals surface area contributed by atoms with Gasteiger partial charge in [-0.3, -0.25) is 4.79 Å². The first kappa shape index (κ1) is 14.1. The Bertz CT molecular complexity index is 448. The van der Waals surface area contributed by atoms with Crippen LogP contribution in [-0.2, 0) is 16.0 Å². The van der Waals surface area contributed by atoms with Crippen molar-refractivity contribution in [1.82, 2.24) is 5.32 Å². The van der Waals surface area contributed by atoms with Crippen LogP contribution in [0.4, 0.5) is 0 Å². The smallest absolute Gasteiger partial charge is 0.249 e. The predicted octanol–water partition coefficient (Wildman–Crippen LogP) is 2.61. The largest absolute Gasteiger partial charge is 0.372 e. The Kier molecular flexibility index (Phi) is 4.25. The highest BCUT2D eigenvalue weighted by Crippen LogP contribution is 2.39. The van der Waals surface area contributed by atoms with E-state index in [-0.39, 0.29) is 17.6 Å². The summed E-state index contributed by atoms with van der Waals surface area (Å²) >= 11 is 0. The van der Waals surface area contributed by atoms with E-state index in [9.17, 15) is 4.79 Å². The minimum atomic E-state index is -0.325. The molecule has 1 fully saturated rings. The lowest BCUT2D eigenvalue weighted by Gasteiger charge is -2.21. The third-order valence-electron chi connectivity index (χ3n) is 3.98. The van der Waals surface area contributed by atoms with E-state index >= 15 is 0 Å². The number of aryl methyl sites for hydroxylation is 1. The molecule has 104 valence electrons. The van der Waals surface area contributed by atoms with Gasteiger partial charge in [0.2, 0.25) is 5.91 Å². The molecule has 19 heavy (non-hydrogen) atoms. The molecule has 0 heterocycles. The minimum Gasteiger partial charge on any atom is -0.372 e. The number of nitrogens with one attached hydrogen (secondary N) is 1. The molecule has 1 atom stereocenters. The number of amides is 1. The molecule has 3 nitrogen and oxygen atoms in total. The average Bonchev–Trinajstić information content (AvgIpc) is 3.13. The van der Waals surface area contributed by atoms with Crippen LogP contribution in [0.2, 0.25) is 0 Å².